The molecule has 1 heterocycles. The predicted octanol–water partition coefficient (Wildman–Crippen LogP) is 2.09. The van der Waals surface area contributed by atoms with Crippen molar-refractivity contribution in [2.75, 3.05) is 27.2 Å². The van der Waals surface area contributed by atoms with E-state index in [0.29, 0.717) is 0 Å². The number of hydrogen-bond acceptors (Lipinski definition) is 3. The number of benzene rings is 1. The lowest BCUT2D eigenvalue weighted by atomic mass is 10.1. The summed E-state index contributed by atoms with van der Waals surface area (Å²) >= 11 is 0. The second-order valence-electron chi connectivity index (χ2n) is 4.43. The molecular weight excluding hydrogens is 202 g/mol. The van der Waals surface area contributed by atoms with Gasteiger partial charge in [-0.05, 0) is 31.7 Å². The molecule has 2 unspecified atom stereocenters. The molecule has 1 aliphatic rings. The third-order valence-corrected chi connectivity index (χ3v) is 2.91. The number of hydrogen-bond donors (Lipinski definition) is 0. The summed E-state index contributed by atoms with van der Waals surface area (Å²) in [6, 6.07) is 8.12. The summed E-state index contributed by atoms with van der Waals surface area (Å²) in [5.74, 6) is 0.891. The van der Waals surface area contributed by atoms with Crippen molar-refractivity contribution in [3.8, 4) is 5.75 Å². The molecule has 1 fully saturated rings. The van der Waals surface area contributed by atoms with Gasteiger partial charge in [-0.1, -0.05) is 12.1 Å². The van der Waals surface area contributed by atoms with E-state index in [2.05, 4.69) is 31.0 Å². The molecule has 1 aromatic carbocycles. The van der Waals surface area contributed by atoms with E-state index in [1.165, 1.54) is 5.56 Å². The first-order valence-corrected chi connectivity index (χ1v) is 5.67. The molecule has 0 aromatic heterocycles. The lowest BCUT2D eigenvalue weighted by Gasteiger charge is -2.34. The second-order valence-corrected chi connectivity index (χ2v) is 4.43. The minimum atomic E-state index is 0.156. The van der Waals surface area contributed by atoms with Crippen molar-refractivity contribution < 1.29 is 9.47 Å². The summed E-state index contributed by atoms with van der Waals surface area (Å²) in [6.45, 7) is 4.06. The molecule has 16 heavy (non-hydrogen) atoms. The SMILES string of the molecule is COc1cccc(C2CN(C)CC(C)O2)c1. The van der Waals surface area contributed by atoms with Gasteiger partial charge in [-0.25, -0.2) is 0 Å². The van der Waals surface area contributed by atoms with Gasteiger partial charge in [0, 0.05) is 13.1 Å². The number of ether oxygens (including phenoxy) is 2. The van der Waals surface area contributed by atoms with Crippen LogP contribution in [0.15, 0.2) is 24.3 Å². The number of methoxy groups -OCH3 is 1. The van der Waals surface area contributed by atoms with Gasteiger partial charge in [0.25, 0.3) is 0 Å². The average molecular weight is 221 g/mol. The number of nitrogens with zero attached hydrogens (tertiary/aromatic N) is 1. The van der Waals surface area contributed by atoms with Crippen molar-refractivity contribution in [2.24, 2.45) is 0 Å². The van der Waals surface area contributed by atoms with Gasteiger partial charge in [0.15, 0.2) is 0 Å². The molecule has 2 atom stereocenters. The van der Waals surface area contributed by atoms with E-state index in [9.17, 15) is 0 Å². The number of morpholine rings is 1. The van der Waals surface area contributed by atoms with Gasteiger partial charge in [0.2, 0.25) is 0 Å². The van der Waals surface area contributed by atoms with E-state index in [1.807, 2.05) is 12.1 Å². The lowest BCUT2D eigenvalue weighted by molar-refractivity contribution is -0.0715. The first-order chi connectivity index (χ1) is 7.69. The van der Waals surface area contributed by atoms with Gasteiger partial charge < -0.3 is 14.4 Å². The first-order valence-electron chi connectivity index (χ1n) is 5.67. The van der Waals surface area contributed by atoms with Crippen LogP contribution in [0.2, 0.25) is 0 Å². The molecule has 0 radical (unpaired) electrons. The third-order valence-electron chi connectivity index (χ3n) is 2.91. The van der Waals surface area contributed by atoms with Crippen LogP contribution in [0, 0.1) is 0 Å². The number of rotatable bonds is 2. The van der Waals surface area contributed by atoms with Crippen LogP contribution in [0.5, 0.6) is 5.75 Å². The molecule has 0 aliphatic carbocycles. The Morgan fingerprint density at radius 1 is 1.38 bits per heavy atom. The third kappa shape index (κ3) is 2.54. The molecule has 2 rings (SSSR count). The highest BCUT2D eigenvalue weighted by atomic mass is 16.5. The highest BCUT2D eigenvalue weighted by molar-refractivity contribution is 5.30. The second kappa shape index (κ2) is 4.85. The Hall–Kier alpha value is -1.06. The van der Waals surface area contributed by atoms with Crippen LogP contribution in [-0.2, 0) is 4.74 Å². The molecular formula is C13H19NO2. The zero-order valence-electron chi connectivity index (χ0n) is 10.1. The van der Waals surface area contributed by atoms with Crippen LogP contribution >= 0.6 is 0 Å². The fourth-order valence-corrected chi connectivity index (χ4v) is 2.19. The monoisotopic (exact) mass is 221 g/mol. The van der Waals surface area contributed by atoms with Crippen LogP contribution in [0.1, 0.15) is 18.6 Å². The molecule has 1 aromatic rings. The molecule has 88 valence electrons. The van der Waals surface area contributed by atoms with Gasteiger partial charge >= 0.3 is 0 Å². The van der Waals surface area contributed by atoms with Crippen LogP contribution in [-0.4, -0.2) is 38.3 Å². The number of likely N-dealkylation sites (N-methyl/N-ethyl adjacent to an activating group) is 1. The molecule has 0 amide bonds. The van der Waals surface area contributed by atoms with Crippen LogP contribution < -0.4 is 4.74 Å². The molecule has 1 saturated heterocycles. The smallest absolute Gasteiger partial charge is 0.119 e. The van der Waals surface area contributed by atoms with Gasteiger partial charge in [-0.3, -0.25) is 0 Å². The van der Waals surface area contributed by atoms with Crippen molar-refractivity contribution in [3.05, 3.63) is 29.8 Å². The van der Waals surface area contributed by atoms with Gasteiger partial charge in [-0.2, -0.15) is 0 Å². The minimum absolute atomic E-state index is 0.156. The fourth-order valence-electron chi connectivity index (χ4n) is 2.19. The standard InChI is InChI=1S/C13H19NO2/c1-10-8-14(2)9-13(16-10)11-5-4-6-12(7-11)15-3/h4-7,10,13H,8-9H2,1-3H3. The van der Waals surface area contributed by atoms with Crippen LogP contribution in [0.3, 0.4) is 0 Å². The Morgan fingerprint density at radius 2 is 2.19 bits per heavy atom. The van der Waals surface area contributed by atoms with E-state index in [-0.39, 0.29) is 12.2 Å². The highest BCUT2D eigenvalue weighted by Gasteiger charge is 2.24. The fraction of sp³-hybridized carbons (Fsp3) is 0.538. The van der Waals surface area contributed by atoms with Crippen molar-refractivity contribution in [2.45, 2.75) is 19.1 Å². The van der Waals surface area contributed by atoms with E-state index >= 15 is 0 Å². The van der Waals surface area contributed by atoms with Gasteiger partial charge in [0.1, 0.15) is 5.75 Å². The largest absolute Gasteiger partial charge is 0.497 e. The topological polar surface area (TPSA) is 21.7 Å². The van der Waals surface area contributed by atoms with Crippen molar-refractivity contribution in [3.63, 3.8) is 0 Å². The zero-order chi connectivity index (χ0) is 11.5. The Kier molecular flexibility index (Phi) is 3.46. The minimum Gasteiger partial charge on any atom is -0.497 e. The normalized spacial score (nSPS) is 26.7. The van der Waals surface area contributed by atoms with Crippen molar-refractivity contribution in [1.82, 2.24) is 4.90 Å². The molecule has 0 N–H and O–H groups in total. The summed E-state index contributed by atoms with van der Waals surface area (Å²) in [7, 11) is 3.82. The quantitative estimate of drug-likeness (QED) is 0.763. The molecule has 0 bridgehead atoms. The van der Waals surface area contributed by atoms with Crippen LogP contribution in [0.4, 0.5) is 0 Å². The maximum absolute atomic E-state index is 5.95. The lowest BCUT2D eigenvalue weighted by Crippen LogP contribution is -2.40. The highest BCUT2D eigenvalue weighted by Crippen LogP contribution is 2.26. The maximum atomic E-state index is 5.95. The Labute approximate surface area is 97.0 Å². The van der Waals surface area contributed by atoms with E-state index < -0.39 is 0 Å². The van der Waals surface area contributed by atoms with E-state index in [1.54, 1.807) is 7.11 Å². The summed E-state index contributed by atoms with van der Waals surface area (Å²) in [4.78, 5) is 2.30. The summed E-state index contributed by atoms with van der Waals surface area (Å²) in [5.41, 5.74) is 1.19. The Bertz CT molecular complexity index is 344. The van der Waals surface area contributed by atoms with Gasteiger partial charge in [-0.15, -0.1) is 0 Å². The zero-order valence-corrected chi connectivity index (χ0v) is 10.1. The van der Waals surface area contributed by atoms with Crippen molar-refractivity contribution >= 4 is 0 Å². The first kappa shape index (κ1) is 11.4. The molecule has 0 saturated carbocycles. The maximum Gasteiger partial charge on any atom is 0.119 e. The molecule has 3 nitrogen and oxygen atoms in total. The Balaban J connectivity index is 2.16. The Morgan fingerprint density at radius 3 is 2.88 bits per heavy atom. The summed E-state index contributed by atoms with van der Waals surface area (Å²) in [6.07, 6.45) is 0.443. The summed E-state index contributed by atoms with van der Waals surface area (Å²) < 4.78 is 11.2. The van der Waals surface area contributed by atoms with Crippen LogP contribution in [0.25, 0.3) is 0 Å². The van der Waals surface area contributed by atoms with E-state index in [0.717, 1.165) is 18.8 Å². The summed E-state index contributed by atoms with van der Waals surface area (Å²) in [5, 5.41) is 0. The average Bonchev–Trinajstić information content (AvgIpc) is 2.28. The van der Waals surface area contributed by atoms with Crippen molar-refractivity contribution in [1.29, 1.82) is 0 Å². The molecule has 1 aliphatic heterocycles. The molecule has 0 spiro atoms. The molecule has 3 heteroatoms. The van der Waals surface area contributed by atoms with E-state index in [4.69, 9.17) is 9.47 Å². The van der Waals surface area contributed by atoms with Gasteiger partial charge in [0.05, 0.1) is 19.3 Å². The predicted molar refractivity (Wildman–Crippen MR) is 63.8 cm³/mol.